The average molecular weight is 310 g/mol. The molecule has 0 N–H and O–H groups in total. The number of ether oxygens (including phenoxy) is 2. The van der Waals surface area contributed by atoms with Gasteiger partial charge >= 0.3 is 0 Å². The van der Waals surface area contributed by atoms with Gasteiger partial charge in [-0.25, -0.2) is 0 Å². The lowest BCUT2D eigenvalue weighted by molar-refractivity contribution is -0.137. The largest absolute Gasteiger partial charge is 0.373 e. The maximum absolute atomic E-state index is 6.01. The zero-order valence-corrected chi connectivity index (χ0v) is 14.1. The van der Waals surface area contributed by atoms with Gasteiger partial charge in [0.15, 0.2) is 0 Å². The summed E-state index contributed by atoms with van der Waals surface area (Å²) in [6, 6.07) is 17.3. The van der Waals surface area contributed by atoms with Gasteiger partial charge in [-0.1, -0.05) is 73.9 Å². The SMILES string of the molecule is CCCCC1COC(c2ccc(-c3ccc(C)cc3)cc2)CO1. The topological polar surface area (TPSA) is 18.5 Å². The van der Waals surface area contributed by atoms with Crippen molar-refractivity contribution in [3.05, 3.63) is 59.7 Å². The van der Waals surface area contributed by atoms with Gasteiger partial charge in [-0.05, 0) is 30.0 Å². The van der Waals surface area contributed by atoms with E-state index in [1.807, 2.05) is 0 Å². The van der Waals surface area contributed by atoms with Crippen molar-refractivity contribution in [2.45, 2.75) is 45.3 Å². The van der Waals surface area contributed by atoms with Gasteiger partial charge in [-0.15, -0.1) is 0 Å². The first-order valence-corrected chi connectivity index (χ1v) is 8.66. The summed E-state index contributed by atoms with van der Waals surface area (Å²) in [4.78, 5) is 0. The molecule has 2 aromatic carbocycles. The molecule has 2 atom stereocenters. The van der Waals surface area contributed by atoms with E-state index in [9.17, 15) is 0 Å². The lowest BCUT2D eigenvalue weighted by atomic mass is 10.0. The maximum atomic E-state index is 6.01. The van der Waals surface area contributed by atoms with Crippen LogP contribution in [-0.4, -0.2) is 19.3 Å². The summed E-state index contributed by atoms with van der Waals surface area (Å²) < 4.78 is 12.0. The van der Waals surface area contributed by atoms with Crippen molar-refractivity contribution >= 4 is 0 Å². The van der Waals surface area contributed by atoms with Gasteiger partial charge in [0.2, 0.25) is 0 Å². The first kappa shape index (κ1) is 16.2. The van der Waals surface area contributed by atoms with Crippen molar-refractivity contribution in [1.82, 2.24) is 0 Å². The van der Waals surface area contributed by atoms with Crippen LogP contribution in [0.5, 0.6) is 0 Å². The minimum Gasteiger partial charge on any atom is -0.373 e. The molecule has 2 aromatic rings. The van der Waals surface area contributed by atoms with E-state index in [1.54, 1.807) is 0 Å². The van der Waals surface area contributed by atoms with Crippen molar-refractivity contribution in [1.29, 1.82) is 0 Å². The third-order valence-corrected chi connectivity index (χ3v) is 4.51. The zero-order chi connectivity index (χ0) is 16.1. The molecule has 1 heterocycles. The lowest BCUT2D eigenvalue weighted by Crippen LogP contribution is -2.31. The Morgan fingerprint density at radius 2 is 1.52 bits per heavy atom. The second-order valence-electron chi connectivity index (χ2n) is 6.41. The van der Waals surface area contributed by atoms with E-state index in [1.165, 1.54) is 35.1 Å². The summed E-state index contributed by atoms with van der Waals surface area (Å²) in [6.07, 6.45) is 3.88. The maximum Gasteiger partial charge on any atom is 0.106 e. The van der Waals surface area contributed by atoms with E-state index in [0.717, 1.165) is 6.42 Å². The average Bonchev–Trinajstić information content (AvgIpc) is 2.61. The Morgan fingerprint density at radius 3 is 2.09 bits per heavy atom. The first-order chi connectivity index (χ1) is 11.3. The van der Waals surface area contributed by atoms with Gasteiger partial charge in [-0.3, -0.25) is 0 Å². The van der Waals surface area contributed by atoms with Gasteiger partial charge in [0.05, 0.1) is 19.3 Å². The highest BCUT2D eigenvalue weighted by Crippen LogP contribution is 2.27. The van der Waals surface area contributed by atoms with Crippen LogP contribution < -0.4 is 0 Å². The number of hydrogen-bond donors (Lipinski definition) is 0. The molecule has 3 rings (SSSR count). The highest BCUT2D eigenvalue weighted by atomic mass is 16.6. The van der Waals surface area contributed by atoms with E-state index in [4.69, 9.17) is 9.47 Å². The number of hydrogen-bond acceptors (Lipinski definition) is 2. The van der Waals surface area contributed by atoms with Gasteiger partial charge in [0, 0.05) is 0 Å². The molecule has 1 aliphatic heterocycles. The second kappa shape index (κ2) is 7.76. The van der Waals surface area contributed by atoms with Crippen molar-refractivity contribution < 1.29 is 9.47 Å². The fourth-order valence-corrected chi connectivity index (χ4v) is 2.97. The molecule has 23 heavy (non-hydrogen) atoms. The standard InChI is InChI=1S/C21H26O2/c1-3-4-5-20-14-23-21(15-22-20)19-12-10-18(11-13-19)17-8-6-16(2)7-9-17/h6-13,20-21H,3-5,14-15H2,1-2H3. The molecule has 1 saturated heterocycles. The van der Waals surface area contributed by atoms with Crippen LogP contribution in [0.2, 0.25) is 0 Å². The molecule has 0 aliphatic carbocycles. The molecule has 0 amide bonds. The summed E-state index contributed by atoms with van der Waals surface area (Å²) >= 11 is 0. The number of benzene rings is 2. The van der Waals surface area contributed by atoms with Gasteiger partial charge in [0.25, 0.3) is 0 Å². The summed E-state index contributed by atoms with van der Waals surface area (Å²) in [5.74, 6) is 0. The molecule has 1 fully saturated rings. The molecule has 122 valence electrons. The van der Waals surface area contributed by atoms with E-state index >= 15 is 0 Å². The summed E-state index contributed by atoms with van der Waals surface area (Å²) in [7, 11) is 0. The van der Waals surface area contributed by atoms with Crippen LogP contribution in [0.3, 0.4) is 0 Å². The Bertz CT molecular complexity index is 593. The van der Waals surface area contributed by atoms with Crippen LogP contribution in [0.1, 0.15) is 43.4 Å². The molecule has 0 aromatic heterocycles. The third kappa shape index (κ3) is 4.21. The Hall–Kier alpha value is -1.64. The van der Waals surface area contributed by atoms with Crippen molar-refractivity contribution in [2.75, 3.05) is 13.2 Å². The Morgan fingerprint density at radius 1 is 0.870 bits per heavy atom. The summed E-state index contributed by atoms with van der Waals surface area (Å²) in [5.41, 5.74) is 4.99. The predicted octanol–water partition coefficient (Wildman–Crippen LogP) is 5.31. The summed E-state index contributed by atoms with van der Waals surface area (Å²) in [5, 5.41) is 0. The quantitative estimate of drug-likeness (QED) is 0.745. The molecule has 0 bridgehead atoms. The number of rotatable bonds is 5. The van der Waals surface area contributed by atoms with Crippen LogP contribution >= 0.6 is 0 Å². The Balaban J connectivity index is 1.61. The molecule has 0 spiro atoms. The molecule has 2 unspecified atom stereocenters. The van der Waals surface area contributed by atoms with Gasteiger partial charge < -0.3 is 9.47 Å². The monoisotopic (exact) mass is 310 g/mol. The van der Waals surface area contributed by atoms with Gasteiger partial charge in [0.1, 0.15) is 6.10 Å². The molecular weight excluding hydrogens is 284 g/mol. The van der Waals surface area contributed by atoms with Gasteiger partial charge in [-0.2, -0.15) is 0 Å². The van der Waals surface area contributed by atoms with Crippen molar-refractivity contribution in [3.63, 3.8) is 0 Å². The van der Waals surface area contributed by atoms with E-state index in [-0.39, 0.29) is 12.2 Å². The molecule has 0 saturated carbocycles. The van der Waals surface area contributed by atoms with Crippen molar-refractivity contribution in [3.8, 4) is 11.1 Å². The molecule has 2 nitrogen and oxygen atoms in total. The molecule has 2 heteroatoms. The fraction of sp³-hybridized carbons (Fsp3) is 0.429. The van der Waals surface area contributed by atoms with Crippen LogP contribution in [0.15, 0.2) is 48.5 Å². The second-order valence-corrected chi connectivity index (χ2v) is 6.41. The predicted molar refractivity (Wildman–Crippen MR) is 94.6 cm³/mol. The van der Waals surface area contributed by atoms with Crippen molar-refractivity contribution in [2.24, 2.45) is 0 Å². The Kier molecular flexibility index (Phi) is 5.47. The minimum absolute atomic E-state index is 0.0694. The zero-order valence-electron chi connectivity index (χ0n) is 14.1. The van der Waals surface area contributed by atoms with Crippen LogP contribution in [-0.2, 0) is 9.47 Å². The minimum atomic E-state index is 0.0694. The molecule has 0 radical (unpaired) electrons. The van der Waals surface area contributed by atoms with E-state index < -0.39 is 0 Å². The molecular formula is C21H26O2. The molecule has 1 aliphatic rings. The fourth-order valence-electron chi connectivity index (χ4n) is 2.97. The first-order valence-electron chi connectivity index (χ1n) is 8.66. The number of aryl methyl sites for hydroxylation is 1. The Labute approximate surface area is 139 Å². The normalized spacial score (nSPS) is 21.3. The highest BCUT2D eigenvalue weighted by Gasteiger charge is 2.23. The van der Waals surface area contributed by atoms with Crippen LogP contribution in [0.25, 0.3) is 11.1 Å². The van der Waals surface area contributed by atoms with E-state index in [0.29, 0.717) is 13.2 Å². The number of unbranched alkanes of at least 4 members (excludes halogenated alkanes) is 1. The third-order valence-electron chi connectivity index (χ3n) is 4.51. The lowest BCUT2D eigenvalue weighted by Gasteiger charge is -2.30. The highest BCUT2D eigenvalue weighted by molar-refractivity contribution is 5.64. The summed E-state index contributed by atoms with van der Waals surface area (Å²) in [6.45, 7) is 5.70. The smallest absolute Gasteiger partial charge is 0.106 e. The van der Waals surface area contributed by atoms with Crippen LogP contribution in [0.4, 0.5) is 0 Å². The van der Waals surface area contributed by atoms with Crippen LogP contribution in [0, 0.1) is 6.92 Å². The van der Waals surface area contributed by atoms with E-state index in [2.05, 4.69) is 62.4 Å².